The van der Waals surface area contributed by atoms with Gasteiger partial charge in [0.25, 0.3) is 0 Å². The molecule has 0 spiro atoms. The van der Waals surface area contributed by atoms with Crippen molar-refractivity contribution in [1.82, 2.24) is 5.32 Å². The summed E-state index contributed by atoms with van der Waals surface area (Å²) in [6.45, 7) is 1.58. The summed E-state index contributed by atoms with van der Waals surface area (Å²) in [4.78, 5) is 0. The molecule has 0 amide bonds. The van der Waals surface area contributed by atoms with Crippen LogP contribution in [-0.4, -0.2) is 13.7 Å². The molecule has 0 aliphatic heterocycles. The maximum Gasteiger partial charge on any atom is 0.122 e. The molecule has 0 saturated heterocycles. The van der Waals surface area contributed by atoms with Crippen LogP contribution in [0.1, 0.15) is 29.4 Å². The van der Waals surface area contributed by atoms with Gasteiger partial charge in [0, 0.05) is 11.5 Å². The summed E-state index contributed by atoms with van der Waals surface area (Å²) in [7, 11) is 1.70. The van der Waals surface area contributed by atoms with Crippen LogP contribution in [0.25, 0.3) is 0 Å². The lowest BCUT2D eigenvalue weighted by Gasteiger charge is -2.18. The van der Waals surface area contributed by atoms with E-state index < -0.39 is 0 Å². The molecule has 0 radical (unpaired) electrons. The fourth-order valence-electron chi connectivity index (χ4n) is 2.77. The van der Waals surface area contributed by atoms with Crippen LogP contribution < -0.4 is 10.1 Å². The van der Waals surface area contributed by atoms with E-state index in [1.807, 2.05) is 42.5 Å². The van der Waals surface area contributed by atoms with Gasteiger partial charge in [-0.15, -0.1) is 0 Å². The minimum Gasteiger partial charge on any atom is -0.496 e. The molecule has 120 valence electrons. The molecule has 0 fully saturated rings. The molecule has 2 aromatic heterocycles. The van der Waals surface area contributed by atoms with Gasteiger partial charge in [-0.1, -0.05) is 18.2 Å². The van der Waals surface area contributed by atoms with Gasteiger partial charge in [-0.2, -0.15) is 0 Å². The molecule has 0 unspecified atom stereocenters. The van der Waals surface area contributed by atoms with E-state index in [1.54, 1.807) is 19.6 Å². The second kappa shape index (κ2) is 7.70. The average Bonchev–Trinajstić information content (AvgIpc) is 3.28. The highest BCUT2D eigenvalue weighted by atomic mass is 16.5. The smallest absolute Gasteiger partial charge is 0.122 e. The lowest BCUT2D eigenvalue weighted by Crippen LogP contribution is -2.17. The molecule has 0 saturated carbocycles. The molecule has 1 N–H and O–H groups in total. The van der Waals surface area contributed by atoms with Gasteiger partial charge in [0.15, 0.2) is 0 Å². The van der Waals surface area contributed by atoms with Crippen molar-refractivity contribution in [3.63, 3.8) is 0 Å². The van der Waals surface area contributed by atoms with Crippen molar-refractivity contribution in [3.8, 4) is 5.75 Å². The summed E-state index contributed by atoms with van der Waals surface area (Å²) in [5.41, 5.74) is 1.14. The Bertz CT molecular complexity index is 689. The van der Waals surface area contributed by atoms with Crippen LogP contribution in [0.2, 0.25) is 0 Å². The SMILES string of the molecule is COc1ccccc1[C@H](CCNCc1ccco1)c1ccco1. The van der Waals surface area contributed by atoms with Crippen molar-refractivity contribution in [3.05, 3.63) is 78.1 Å². The van der Waals surface area contributed by atoms with Crippen LogP contribution in [0, 0.1) is 0 Å². The van der Waals surface area contributed by atoms with Crippen LogP contribution in [0.5, 0.6) is 5.75 Å². The summed E-state index contributed by atoms with van der Waals surface area (Å²) < 4.78 is 16.5. The lowest BCUT2D eigenvalue weighted by atomic mass is 9.92. The van der Waals surface area contributed by atoms with E-state index in [0.29, 0.717) is 0 Å². The maximum absolute atomic E-state index is 5.65. The number of furan rings is 2. The number of hydrogen-bond acceptors (Lipinski definition) is 4. The van der Waals surface area contributed by atoms with E-state index in [1.165, 1.54) is 0 Å². The van der Waals surface area contributed by atoms with Gasteiger partial charge < -0.3 is 18.9 Å². The fraction of sp³-hybridized carbons (Fsp3) is 0.263. The largest absolute Gasteiger partial charge is 0.496 e. The zero-order valence-corrected chi connectivity index (χ0v) is 13.2. The first kappa shape index (κ1) is 15.4. The Balaban J connectivity index is 1.69. The van der Waals surface area contributed by atoms with Gasteiger partial charge >= 0.3 is 0 Å². The van der Waals surface area contributed by atoms with Crippen molar-refractivity contribution in [2.75, 3.05) is 13.7 Å². The number of nitrogens with one attached hydrogen (secondary N) is 1. The first-order chi connectivity index (χ1) is 11.4. The molecule has 4 nitrogen and oxygen atoms in total. The highest BCUT2D eigenvalue weighted by molar-refractivity contribution is 5.39. The van der Waals surface area contributed by atoms with Crippen LogP contribution in [0.15, 0.2) is 69.9 Å². The van der Waals surface area contributed by atoms with Crippen molar-refractivity contribution in [1.29, 1.82) is 0 Å². The molecule has 2 heterocycles. The molecule has 4 heteroatoms. The monoisotopic (exact) mass is 311 g/mol. The third-order valence-electron chi connectivity index (χ3n) is 3.89. The third-order valence-corrected chi connectivity index (χ3v) is 3.89. The highest BCUT2D eigenvalue weighted by Gasteiger charge is 2.20. The number of rotatable bonds is 8. The second-order valence-corrected chi connectivity index (χ2v) is 5.35. The molecule has 1 atom stereocenters. The van der Waals surface area contributed by atoms with Crippen LogP contribution in [0.4, 0.5) is 0 Å². The molecular weight excluding hydrogens is 290 g/mol. The van der Waals surface area contributed by atoms with Crippen molar-refractivity contribution in [2.24, 2.45) is 0 Å². The third kappa shape index (κ3) is 3.85. The molecule has 3 rings (SSSR count). The number of para-hydroxylation sites is 1. The van der Waals surface area contributed by atoms with Crippen LogP contribution in [0.3, 0.4) is 0 Å². The van der Waals surface area contributed by atoms with E-state index in [0.717, 1.165) is 42.3 Å². The van der Waals surface area contributed by atoms with Crippen LogP contribution >= 0.6 is 0 Å². The second-order valence-electron chi connectivity index (χ2n) is 5.35. The van der Waals surface area contributed by atoms with E-state index in [9.17, 15) is 0 Å². The summed E-state index contributed by atoms with van der Waals surface area (Å²) in [5.74, 6) is 2.94. The highest BCUT2D eigenvalue weighted by Crippen LogP contribution is 2.34. The first-order valence-corrected chi connectivity index (χ1v) is 7.78. The van der Waals surface area contributed by atoms with Gasteiger partial charge in [-0.25, -0.2) is 0 Å². The van der Waals surface area contributed by atoms with Crippen molar-refractivity contribution in [2.45, 2.75) is 18.9 Å². The standard InChI is InChI=1S/C19H21NO3/c1-21-18-8-3-2-7-16(18)17(19-9-5-13-23-19)10-11-20-14-15-6-4-12-22-15/h2-9,12-13,17,20H,10-11,14H2,1H3/t17-/m0/s1. The molecule has 1 aromatic carbocycles. The Labute approximate surface area is 136 Å². The van der Waals surface area contributed by atoms with E-state index >= 15 is 0 Å². The number of benzene rings is 1. The molecular formula is C19H21NO3. The molecule has 0 bridgehead atoms. The predicted octanol–water partition coefficient (Wildman–Crippen LogP) is 4.19. The van der Waals surface area contributed by atoms with Crippen molar-refractivity contribution < 1.29 is 13.6 Å². The zero-order valence-electron chi connectivity index (χ0n) is 13.2. The summed E-state index contributed by atoms with van der Waals surface area (Å²) >= 11 is 0. The Morgan fingerprint density at radius 1 is 1.00 bits per heavy atom. The van der Waals surface area contributed by atoms with Gasteiger partial charge in [-0.05, 0) is 43.3 Å². The van der Waals surface area contributed by atoms with E-state index in [2.05, 4.69) is 11.4 Å². The quantitative estimate of drug-likeness (QED) is 0.634. The van der Waals surface area contributed by atoms with Gasteiger partial charge in [0.1, 0.15) is 17.3 Å². The van der Waals surface area contributed by atoms with Crippen molar-refractivity contribution >= 4 is 0 Å². The Morgan fingerprint density at radius 3 is 2.57 bits per heavy atom. The van der Waals surface area contributed by atoms with Gasteiger partial charge in [0.2, 0.25) is 0 Å². The Hall–Kier alpha value is -2.46. The Kier molecular flexibility index (Phi) is 5.17. The minimum absolute atomic E-state index is 0.158. The molecule has 3 aromatic rings. The first-order valence-electron chi connectivity index (χ1n) is 7.78. The summed E-state index contributed by atoms with van der Waals surface area (Å²) in [5, 5.41) is 3.41. The zero-order chi connectivity index (χ0) is 15.9. The fourth-order valence-corrected chi connectivity index (χ4v) is 2.77. The maximum atomic E-state index is 5.65. The van der Waals surface area contributed by atoms with Gasteiger partial charge in [-0.3, -0.25) is 0 Å². The number of ether oxygens (including phenoxy) is 1. The average molecular weight is 311 g/mol. The normalized spacial score (nSPS) is 12.2. The van der Waals surface area contributed by atoms with Gasteiger partial charge in [0.05, 0.1) is 26.2 Å². The molecule has 0 aliphatic rings. The summed E-state index contributed by atoms with van der Waals surface area (Å²) in [6.07, 6.45) is 4.32. The number of hydrogen-bond donors (Lipinski definition) is 1. The lowest BCUT2D eigenvalue weighted by molar-refractivity contribution is 0.397. The predicted molar refractivity (Wildman–Crippen MR) is 88.6 cm³/mol. The van der Waals surface area contributed by atoms with E-state index in [4.69, 9.17) is 13.6 Å². The number of methoxy groups -OCH3 is 1. The topological polar surface area (TPSA) is 47.5 Å². The Morgan fingerprint density at radius 2 is 1.83 bits per heavy atom. The minimum atomic E-state index is 0.158. The summed E-state index contributed by atoms with van der Waals surface area (Å²) in [6, 6.07) is 15.9. The molecule has 0 aliphatic carbocycles. The van der Waals surface area contributed by atoms with E-state index in [-0.39, 0.29) is 5.92 Å². The molecule has 23 heavy (non-hydrogen) atoms. The van der Waals surface area contributed by atoms with Crippen LogP contribution in [-0.2, 0) is 6.54 Å².